The van der Waals surface area contributed by atoms with Gasteiger partial charge < -0.3 is 28.7 Å². The van der Waals surface area contributed by atoms with E-state index in [0.717, 1.165) is 5.69 Å². The fraction of sp³-hybridized carbons (Fsp3) is 0.611. The van der Waals surface area contributed by atoms with Gasteiger partial charge in [0.2, 0.25) is 5.75 Å². The van der Waals surface area contributed by atoms with E-state index in [2.05, 4.69) is 4.90 Å². The minimum atomic E-state index is -0.481. The van der Waals surface area contributed by atoms with Gasteiger partial charge in [-0.2, -0.15) is 0 Å². The molecule has 1 aliphatic rings. The Morgan fingerprint density at radius 2 is 1.44 bits per heavy atom. The van der Waals surface area contributed by atoms with Gasteiger partial charge in [-0.3, -0.25) is 0 Å². The van der Waals surface area contributed by atoms with Crippen LogP contribution in [0.2, 0.25) is 0 Å². The van der Waals surface area contributed by atoms with Crippen molar-refractivity contribution < 1.29 is 23.7 Å². The molecule has 0 aromatic heterocycles. The van der Waals surface area contributed by atoms with Crippen LogP contribution in [0.3, 0.4) is 0 Å². The zero-order chi connectivity index (χ0) is 18.6. The maximum Gasteiger partial charge on any atom is 0.410 e. The average molecular weight is 352 g/mol. The Labute approximate surface area is 149 Å². The molecule has 0 N–H and O–H groups in total. The van der Waals surface area contributed by atoms with E-state index in [0.29, 0.717) is 43.4 Å². The van der Waals surface area contributed by atoms with E-state index < -0.39 is 5.60 Å². The molecule has 0 saturated carbocycles. The SMILES string of the molecule is COc1cc(N2CCN(C(=O)OC(C)(C)C)CC2)cc(OC)c1OC. The molecule has 7 heteroatoms. The van der Waals surface area contributed by atoms with Crippen LogP contribution in [0.4, 0.5) is 10.5 Å². The van der Waals surface area contributed by atoms with E-state index in [1.165, 1.54) is 0 Å². The van der Waals surface area contributed by atoms with E-state index in [9.17, 15) is 4.79 Å². The Morgan fingerprint density at radius 1 is 0.920 bits per heavy atom. The lowest BCUT2D eigenvalue weighted by atomic mass is 10.2. The quantitative estimate of drug-likeness (QED) is 0.830. The van der Waals surface area contributed by atoms with Gasteiger partial charge in [0.25, 0.3) is 0 Å². The summed E-state index contributed by atoms with van der Waals surface area (Å²) in [5.74, 6) is 1.80. The summed E-state index contributed by atoms with van der Waals surface area (Å²) in [6.45, 7) is 8.23. The van der Waals surface area contributed by atoms with Crippen LogP contribution in [0.1, 0.15) is 20.8 Å². The number of amides is 1. The second kappa shape index (κ2) is 7.72. The number of anilines is 1. The third-order valence-corrected chi connectivity index (χ3v) is 3.95. The fourth-order valence-electron chi connectivity index (χ4n) is 2.72. The average Bonchev–Trinajstić information content (AvgIpc) is 2.59. The Morgan fingerprint density at radius 3 is 1.84 bits per heavy atom. The number of carbonyl (C=O) groups is 1. The summed E-state index contributed by atoms with van der Waals surface area (Å²) in [4.78, 5) is 16.1. The van der Waals surface area contributed by atoms with Crippen LogP contribution in [0, 0.1) is 0 Å². The smallest absolute Gasteiger partial charge is 0.410 e. The van der Waals surface area contributed by atoms with E-state index in [4.69, 9.17) is 18.9 Å². The molecule has 0 bridgehead atoms. The molecule has 0 atom stereocenters. The minimum absolute atomic E-state index is 0.267. The Balaban J connectivity index is 2.09. The van der Waals surface area contributed by atoms with Crippen molar-refractivity contribution in [2.24, 2.45) is 0 Å². The van der Waals surface area contributed by atoms with Crippen LogP contribution in [-0.4, -0.2) is 64.1 Å². The maximum absolute atomic E-state index is 12.2. The zero-order valence-corrected chi connectivity index (χ0v) is 15.9. The first kappa shape index (κ1) is 19.0. The van der Waals surface area contributed by atoms with Crippen LogP contribution in [0.5, 0.6) is 17.2 Å². The number of hydrogen-bond donors (Lipinski definition) is 0. The van der Waals surface area contributed by atoms with Crippen molar-refractivity contribution >= 4 is 11.8 Å². The molecule has 1 heterocycles. The summed E-state index contributed by atoms with van der Waals surface area (Å²) in [5.41, 5.74) is 0.489. The van der Waals surface area contributed by atoms with Gasteiger partial charge in [-0.25, -0.2) is 4.79 Å². The first-order valence-electron chi connectivity index (χ1n) is 8.32. The van der Waals surface area contributed by atoms with Crippen molar-refractivity contribution in [2.75, 3.05) is 52.4 Å². The van der Waals surface area contributed by atoms with Crippen LogP contribution in [0.15, 0.2) is 12.1 Å². The van der Waals surface area contributed by atoms with Gasteiger partial charge in [0.05, 0.1) is 21.3 Å². The van der Waals surface area contributed by atoms with Crippen molar-refractivity contribution in [3.63, 3.8) is 0 Å². The molecule has 2 rings (SSSR count). The molecular weight excluding hydrogens is 324 g/mol. The van der Waals surface area contributed by atoms with Crippen molar-refractivity contribution in [2.45, 2.75) is 26.4 Å². The molecule has 25 heavy (non-hydrogen) atoms. The number of methoxy groups -OCH3 is 3. The monoisotopic (exact) mass is 352 g/mol. The molecule has 1 saturated heterocycles. The van der Waals surface area contributed by atoms with E-state index in [1.54, 1.807) is 26.2 Å². The van der Waals surface area contributed by atoms with Crippen LogP contribution < -0.4 is 19.1 Å². The summed E-state index contributed by atoms with van der Waals surface area (Å²) >= 11 is 0. The van der Waals surface area contributed by atoms with Crippen molar-refractivity contribution in [3.8, 4) is 17.2 Å². The van der Waals surface area contributed by atoms with Gasteiger partial charge in [-0.1, -0.05) is 0 Å². The lowest BCUT2D eigenvalue weighted by molar-refractivity contribution is 0.0240. The lowest BCUT2D eigenvalue weighted by Gasteiger charge is -2.37. The summed E-state index contributed by atoms with van der Waals surface area (Å²) in [5, 5.41) is 0. The van der Waals surface area contributed by atoms with Crippen molar-refractivity contribution in [1.29, 1.82) is 0 Å². The summed E-state index contributed by atoms with van der Waals surface area (Å²) in [7, 11) is 4.78. The highest BCUT2D eigenvalue weighted by Gasteiger charge is 2.27. The normalized spacial score (nSPS) is 15.0. The highest BCUT2D eigenvalue weighted by Crippen LogP contribution is 2.41. The Hall–Kier alpha value is -2.31. The summed E-state index contributed by atoms with van der Waals surface area (Å²) in [6, 6.07) is 3.84. The molecule has 1 aliphatic heterocycles. The Kier molecular flexibility index (Phi) is 5.87. The lowest BCUT2D eigenvalue weighted by Crippen LogP contribution is -2.50. The number of hydrogen-bond acceptors (Lipinski definition) is 6. The largest absolute Gasteiger partial charge is 0.493 e. The standard InChI is InChI=1S/C18H28N2O5/c1-18(2,3)25-17(21)20-9-7-19(8-10-20)13-11-14(22-4)16(24-6)15(12-13)23-5/h11-12H,7-10H2,1-6H3. The number of carbonyl (C=O) groups excluding carboxylic acids is 1. The molecular formula is C18H28N2O5. The number of piperazine rings is 1. The number of nitrogens with zero attached hydrogens (tertiary/aromatic N) is 2. The van der Waals surface area contributed by atoms with Gasteiger partial charge in [-0.05, 0) is 20.8 Å². The van der Waals surface area contributed by atoms with Crippen molar-refractivity contribution in [1.82, 2.24) is 4.90 Å². The summed E-state index contributed by atoms with van der Waals surface area (Å²) in [6.07, 6.45) is -0.267. The van der Waals surface area contributed by atoms with Crippen LogP contribution in [-0.2, 0) is 4.74 Å². The van der Waals surface area contributed by atoms with Gasteiger partial charge in [0.15, 0.2) is 11.5 Å². The topological polar surface area (TPSA) is 60.5 Å². The number of ether oxygens (including phenoxy) is 4. The second-order valence-corrected chi connectivity index (χ2v) is 6.84. The van der Waals surface area contributed by atoms with E-state index >= 15 is 0 Å². The molecule has 7 nitrogen and oxygen atoms in total. The predicted molar refractivity (Wildman–Crippen MR) is 96.1 cm³/mol. The number of rotatable bonds is 4. The van der Waals surface area contributed by atoms with Gasteiger partial charge >= 0.3 is 6.09 Å². The van der Waals surface area contributed by atoms with Gasteiger partial charge in [-0.15, -0.1) is 0 Å². The van der Waals surface area contributed by atoms with Crippen LogP contribution >= 0.6 is 0 Å². The molecule has 0 unspecified atom stereocenters. The third kappa shape index (κ3) is 4.61. The third-order valence-electron chi connectivity index (χ3n) is 3.95. The first-order valence-corrected chi connectivity index (χ1v) is 8.32. The molecule has 0 spiro atoms. The second-order valence-electron chi connectivity index (χ2n) is 6.84. The van der Waals surface area contributed by atoms with Crippen LogP contribution in [0.25, 0.3) is 0 Å². The van der Waals surface area contributed by atoms with Gasteiger partial charge in [0, 0.05) is 44.0 Å². The van der Waals surface area contributed by atoms with E-state index in [1.807, 2.05) is 32.9 Å². The highest BCUT2D eigenvalue weighted by atomic mass is 16.6. The molecule has 140 valence electrons. The molecule has 1 aromatic carbocycles. The zero-order valence-electron chi connectivity index (χ0n) is 15.9. The number of benzene rings is 1. The maximum atomic E-state index is 12.2. The molecule has 1 amide bonds. The molecule has 1 fully saturated rings. The molecule has 1 aromatic rings. The Bertz CT molecular complexity index is 579. The fourth-order valence-corrected chi connectivity index (χ4v) is 2.72. The van der Waals surface area contributed by atoms with E-state index in [-0.39, 0.29) is 6.09 Å². The van der Waals surface area contributed by atoms with Crippen molar-refractivity contribution in [3.05, 3.63) is 12.1 Å². The first-order chi connectivity index (χ1) is 11.8. The minimum Gasteiger partial charge on any atom is -0.493 e. The molecule has 0 aliphatic carbocycles. The summed E-state index contributed by atoms with van der Waals surface area (Å²) < 4.78 is 21.6. The van der Waals surface area contributed by atoms with Gasteiger partial charge in [0.1, 0.15) is 5.60 Å². The highest BCUT2D eigenvalue weighted by molar-refractivity contribution is 5.69. The molecule has 0 radical (unpaired) electrons. The predicted octanol–water partition coefficient (Wildman–Crippen LogP) is 2.77.